The van der Waals surface area contributed by atoms with Crippen LogP contribution in [0.5, 0.6) is 0 Å². The van der Waals surface area contributed by atoms with Crippen molar-refractivity contribution >= 4 is 10.0 Å². The number of rotatable bonds is 5. The van der Waals surface area contributed by atoms with Gasteiger partial charge in [0.2, 0.25) is 10.0 Å². The molecule has 0 atom stereocenters. The minimum absolute atomic E-state index is 0.0361. The van der Waals surface area contributed by atoms with Gasteiger partial charge in [-0.05, 0) is 6.42 Å². The van der Waals surface area contributed by atoms with E-state index in [9.17, 15) is 18.0 Å². The van der Waals surface area contributed by atoms with Crippen LogP contribution in [-0.2, 0) is 16.6 Å². The first kappa shape index (κ1) is 13.7. The number of aryl methyl sites for hydroxylation is 1. The van der Waals surface area contributed by atoms with Gasteiger partial charge in [0, 0.05) is 32.9 Å². The maximum absolute atomic E-state index is 11.4. The lowest BCUT2D eigenvalue weighted by atomic mass is 10.4. The van der Waals surface area contributed by atoms with E-state index in [-0.39, 0.29) is 12.3 Å². The topological polar surface area (TPSA) is 92.2 Å². The largest absolute Gasteiger partial charge is 0.328 e. The van der Waals surface area contributed by atoms with E-state index in [0.29, 0.717) is 6.42 Å². The van der Waals surface area contributed by atoms with Crippen molar-refractivity contribution in [1.82, 2.24) is 13.9 Å². The first-order valence-corrected chi connectivity index (χ1v) is 6.64. The van der Waals surface area contributed by atoms with E-state index in [1.54, 1.807) is 0 Å². The minimum atomic E-state index is -3.24. The average molecular weight is 261 g/mol. The SMILES string of the molecule is CN(C)S(=O)(=O)CCCn1ccc(=O)[nH]c1=O. The quantitative estimate of drug-likeness (QED) is 0.722. The molecule has 0 aliphatic heterocycles. The van der Waals surface area contributed by atoms with Crippen LogP contribution in [0.25, 0.3) is 0 Å². The molecule has 1 heterocycles. The summed E-state index contributed by atoms with van der Waals surface area (Å²) >= 11 is 0. The zero-order chi connectivity index (χ0) is 13.1. The van der Waals surface area contributed by atoms with Crippen molar-refractivity contribution in [1.29, 1.82) is 0 Å². The van der Waals surface area contributed by atoms with Crippen LogP contribution in [0.3, 0.4) is 0 Å². The Labute approximate surface area is 98.7 Å². The smallest absolute Gasteiger partial charge is 0.301 e. The molecule has 0 aromatic carbocycles. The second-order valence-electron chi connectivity index (χ2n) is 3.76. The van der Waals surface area contributed by atoms with Crippen LogP contribution < -0.4 is 11.2 Å². The van der Waals surface area contributed by atoms with Crippen molar-refractivity contribution in [2.45, 2.75) is 13.0 Å². The van der Waals surface area contributed by atoms with Gasteiger partial charge in [-0.15, -0.1) is 0 Å². The maximum atomic E-state index is 11.4. The molecule has 0 fully saturated rings. The Morgan fingerprint density at radius 3 is 2.53 bits per heavy atom. The van der Waals surface area contributed by atoms with Crippen molar-refractivity contribution in [3.8, 4) is 0 Å². The van der Waals surface area contributed by atoms with Gasteiger partial charge in [0.15, 0.2) is 0 Å². The Kier molecular flexibility index (Phi) is 4.24. The Morgan fingerprint density at radius 2 is 2.00 bits per heavy atom. The zero-order valence-corrected chi connectivity index (χ0v) is 10.5. The molecule has 7 nitrogen and oxygen atoms in total. The van der Waals surface area contributed by atoms with Crippen LogP contribution in [0, 0.1) is 0 Å². The Hall–Kier alpha value is -1.41. The molecule has 96 valence electrons. The molecule has 1 aromatic rings. The third-order valence-corrected chi connectivity index (χ3v) is 4.17. The van der Waals surface area contributed by atoms with Crippen molar-refractivity contribution < 1.29 is 8.42 Å². The molecule has 0 aliphatic rings. The number of aromatic nitrogens is 2. The van der Waals surface area contributed by atoms with Gasteiger partial charge in [-0.3, -0.25) is 9.78 Å². The van der Waals surface area contributed by atoms with E-state index in [1.807, 2.05) is 0 Å². The van der Waals surface area contributed by atoms with E-state index in [4.69, 9.17) is 0 Å². The molecule has 0 radical (unpaired) electrons. The monoisotopic (exact) mass is 261 g/mol. The van der Waals surface area contributed by atoms with Crippen molar-refractivity contribution in [2.24, 2.45) is 0 Å². The molecule has 1 N–H and O–H groups in total. The number of nitrogens with one attached hydrogen (secondary N) is 1. The van der Waals surface area contributed by atoms with Crippen LogP contribution >= 0.6 is 0 Å². The average Bonchev–Trinajstić information content (AvgIpc) is 2.21. The molecule has 1 rings (SSSR count). The summed E-state index contributed by atoms with van der Waals surface area (Å²) in [5.41, 5.74) is -0.994. The second-order valence-corrected chi connectivity index (χ2v) is 6.06. The summed E-state index contributed by atoms with van der Waals surface area (Å²) in [5.74, 6) is -0.0361. The van der Waals surface area contributed by atoms with Gasteiger partial charge in [-0.1, -0.05) is 0 Å². The summed E-state index contributed by atoms with van der Waals surface area (Å²) < 4.78 is 25.3. The lowest BCUT2D eigenvalue weighted by molar-refractivity contribution is 0.513. The normalized spacial score (nSPS) is 11.9. The van der Waals surface area contributed by atoms with Gasteiger partial charge in [-0.25, -0.2) is 17.5 Å². The molecule has 0 unspecified atom stereocenters. The van der Waals surface area contributed by atoms with Crippen LogP contribution in [0.2, 0.25) is 0 Å². The van der Waals surface area contributed by atoms with Gasteiger partial charge in [0.1, 0.15) is 0 Å². The highest BCUT2D eigenvalue weighted by atomic mass is 32.2. The predicted molar refractivity (Wildman–Crippen MR) is 63.4 cm³/mol. The van der Waals surface area contributed by atoms with Crippen LogP contribution in [-0.4, -0.2) is 42.1 Å². The summed E-state index contributed by atoms with van der Waals surface area (Å²) in [4.78, 5) is 24.2. The van der Waals surface area contributed by atoms with Gasteiger partial charge in [0.25, 0.3) is 5.56 Å². The number of nitrogens with zero attached hydrogens (tertiary/aromatic N) is 2. The van der Waals surface area contributed by atoms with E-state index < -0.39 is 21.3 Å². The van der Waals surface area contributed by atoms with Crippen molar-refractivity contribution in [3.63, 3.8) is 0 Å². The number of sulfonamides is 1. The van der Waals surface area contributed by atoms with Gasteiger partial charge >= 0.3 is 5.69 Å². The van der Waals surface area contributed by atoms with Gasteiger partial charge in [-0.2, -0.15) is 0 Å². The number of hydrogen-bond acceptors (Lipinski definition) is 4. The first-order chi connectivity index (χ1) is 7.83. The molecule has 17 heavy (non-hydrogen) atoms. The molecule has 0 saturated carbocycles. The van der Waals surface area contributed by atoms with E-state index in [0.717, 1.165) is 4.31 Å². The molecule has 1 aromatic heterocycles. The first-order valence-electron chi connectivity index (χ1n) is 5.03. The molecule has 0 amide bonds. The number of aromatic amines is 1. The fourth-order valence-electron chi connectivity index (χ4n) is 1.22. The second kappa shape index (κ2) is 5.28. The van der Waals surface area contributed by atoms with Crippen LogP contribution in [0.15, 0.2) is 21.9 Å². The fraction of sp³-hybridized carbons (Fsp3) is 0.556. The molecule has 8 heteroatoms. The van der Waals surface area contributed by atoms with E-state index in [1.165, 1.54) is 30.9 Å². The lowest BCUT2D eigenvalue weighted by Crippen LogP contribution is -2.30. The highest BCUT2D eigenvalue weighted by molar-refractivity contribution is 7.89. The van der Waals surface area contributed by atoms with Crippen molar-refractivity contribution in [3.05, 3.63) is 33.1 Å². The van der Waals surface area contributed by atoms with Crippen molar-refractivity contribution in [2.75, 3.05) is 19.8 Å². The molecule has 0 spiro atoms. The molecular weight excluding hydrogens is 246 g/mol. The zero-order valence-electron chi connectivity index (χ0n) is 9.71. The fourth-order valence-corrected chi connectivity index (χ4v) is 2.08. The Bertz CT molecular complexity index is 585. The van der Waals surface area contributed by atoms with E-state index >= 15 is 0 Å². The molecule has 0 saturated heterocycles. The highest BCUT2D eigenvalue weighted by Crippen LogP contribution is 1.98. The lowest BCUT2D eigenvalue weighted by Gasteiger charge is -2.11. The predicted octanol–water partition coefficient (Wildman–Crippen LogP) is -1.18. The van der Waals surface area contributed by atoms with E-state index in [2.05, 4.69) is 4.98 Å². The summed E-state index contributed by atoms with van der Waals surface area (Å²) in [7, 11) is -0.324. The summed E-state index contributed by atoms with van der Waals surface area (Å²) in [6.45, 7) is 0.253. The summed E-state index contributed by atoms with van der Waals surface area (Å²) in [6, 6.07) is 1.22. The summed E-state index contributed by atoms with van der Waals surface area (Å²) in [6.07, 6.45) is 1.66. The third-order valence-electron chi connectivity index (χ3n) is 2.25. The molecule has 0 bridgehead atoms. The van der Waals surface area contributed by atoms with Gasteiger partial charge in [0.05, 0.1) is 5.75 Å². The summed E-state index contributed by atoms with van der Waals surface area (Å²) in [5, 5.41) is 0. The maximum Gasteiger partial charge on any atom is 0.328 e. The number of hydrogen-bond donors (Lipinski definition) is 1. The Balaban J connectivity index is 2.64. The minimum Gasteiger partial charge on any atom is -0.301 e. The standard InChI is InChI=1S/C9H15N3O4S/c1-11(2)17(15,16)7-3-5-12-6-4-8(13)10-9(12)14/h4,6H,3,5,7H2,1-2H3,(H,10,13,14). The number of H-pyrrole nitrogens is 1. The molecular formula is C9H15N3O4S. The third kappa shape index (κ3) is 3.82. The van der Waals surface area contributed by atoms with Crippen LogP contribution in [0.4, 0.5) is 0 Å². The molecule has 0 aliphatic carbocycles. The van der Waals surface area contributed by atoms with Gasteiger partial charge < -0.3 is 4.57 Å². The highest BCUT2D eigenvalue weighted by Gasteiger charge is 2.12. The Morgan fingerprint density at radius 1 is 1.35 bits per heavy atom. The van der Waals surface area contributed by atoms with Crippen LogP contribution in [0.1, 0.15) is 6.42 Å².